The predicted molar refractivity (Wildman–Crippen MR) is 138 cm³/mol. The van der Waals surface area contributed by atoms with Crippen LogP contribution in [0.2, 0.25) is 5.04 Å². The molecule has 0 saturated heterocycles. The zero-order valence-electron chi connectivity index (χ0n) is 20.6. The number of ether oxygens (including phenoxy) is 1. The van der Waals surface area contributed by atoms with Crippen LogP contribution in [0.15, 0.2) is 83.9 Å². The molecule has 1 aliphatic heterocycles. The number of sulfonamides is 1. The van der Waals surface area contributed by atoms with Gasteiger partial charge in [0.05, 0.1) is 12.0 Å². The smallest absolute Gasteiger partial charge is 0.428 e. The normalized spacial score (nSPS) is 16.2. The molecular weight excluding hydrogens is 466 g/mol. The van der Waals surface area contributed by atoms with E-state index in [4.69, 9.17) is 9.16 Å². The molecule has 0 radical (unpaired) electrons. The highest BCUT2D eigenvalue weighted by atomic mass is 32.2. The monoisotopic (exact) mass is 499 g/mol. The van der Waals surface area contributed by atoms with Crippen molar-refractivity contribution < 1.29 is 22.4 Å². The van der Waals surface area contributed by atoms with Crippen molar-refractivity contribution >= 4 is 34.8 Å². The maximum atomic E-state index is 12.8. The van der Waals surface area contributed by atoms with Crippen molar-refractivity contribution in [3.05, 3.63) is 83.9 Å². The SMILES string of the molecule is CC(C)(C)OC(=O)N1C=CC(CO[Si](c2ccccc2)(c2ccccc2)C(C)(C)C)=CS1(=O)=O. The van der Waals surface area contributed by atoms with E-state index in [1.54, 1.807) is 26.8 Å². The summed E-state index contributed by atoms with van der Waals surface area (Å²) in [5.41, 5.74) is -0.343. The van der Waals surface area contributed by atoms with Crippen molar-refractivity contribution in [2.45, 2.75) is 52.2 Å². The van der Waals surface area contributed by atoms with Crippen LogP contribution in [-0.2, 0) is 19.2 Å². The Hall–Kier alpha value is -2.68. The first kappa shape index (κ1) is 25.9. The Labute approximate surface area is 204 Å². The number of rotatable bonds is 5. The molecule has 1 aliphatic rings. The van der Waals surface area contributed by atoms with Gasteiger partial charge in [0.15, 0.2) is 0 Å². The molecule has 34 heavy (non-hydrogen) atoms. The number of amides is 1. The number of benzene rings is 2. The number of nitrogens with zero attached hydrogens (tertiary/aromatic N) is 1. The number of hydrogen-bond donors (Lipinski definition) is 0. The summed E-state index contributed by atoms with van der Waals surface area (Å²) in [6.45, 7) is 11.6. The van der Waals surface area contributed by atoms with Crippen LogP contribution in [0, 0.1) is 0 Å². The van der Waals surface area contributed by atoms with Gasteiger partial charge in [-0.1, -0.05) is 81.4 Å². The molecule has 0 aromatic heterocycles. The zero-order valence-corrected chi connectivity index (χ0v) is 22.4. The van der Waals surface area contributed by atoms with Crippen LogP contribution in [0.3, 0.4) is 0 Å². The highest BCUT2D eigenvalue weighted by Gasteiger charge is 2.50. The fraction of sp³-hybridized carbons (Fsp3) is 0.346. The third kappa shape index (κ3) is 5.51. The first-order valence-electron chi connectivity index (χ1n) is 11.2. The van der Waals surface area contributed by atoms with E-state index in [9.17, 15) is 13.2 Å². The molecule has 0 unspecified atom stereocenters. The summed E-state index contributed by atoms with van der Waals surface area (Å²) in [6.07, 6.45) is 1.88. The van der Waals surface area contributed by atoms with Crippen LogP contribution < -0.4 is 10.4 Å². The van der Waals surface area contributed by atoms with Gasteiger partial charge in [-0.2, -0.15) is 4.31 Å². The Morgan fingerprint density at radius 3 is 1.79 bits per heavy atom. The van der Waals surface area contributed by atoms with Gasteiger partial charge in [0.1, 0.15) is 5.60 Å². The van der Waals surface area contributed by atoms with Gasteiger partial charge in [-0.3, -0.25) is 0 Å². The summed E-state index contributed by atoms with van der Waals surface area (Å²) in [4.78, 5) is 12.4. The van der Waals surface area contributed by atoms with Crippen molar-refractivity contribution in [2.75, 3.05) is 6.61 Å². The molecule has 2 aromatic rings. The molecule has 3 rings (SSSR count). The highest BCUT2D eigenvalue weighted by molar-refractivity contribution is 7.92. The second-order valence-electron chi connectivity index (χ2n) is 10.3. The highest BCUT2D eigenvalue weighted by Crippen LogP contribution is 2.37. The number of carbonyl (C=O) groups excluding carboxylic acids is 1. The van der Waals surface area contributed by atoms with E-state index in [0.717, 1.165) is 15.8 Å². The summed E-state index contributed by atoms with van der Waals surface area (Å²) >= 11 is 0. The van der Waals surface area contributed by atoms with Crippen LogP contribution in [-0.4, -0.2) is 39.3 Å². The molecule has 0 saturated carbocycles. The van der Waals surface area contributed by atoms with Gasteiger partial charge in [0, 0.05) is 6.20 Å². The molecule has 1 heterocycles. The molecule has 0 spiro atoms. The maximum Gasteiger partial charge on any atom is 0.428 e. The predicted octanol–water partition coefficient (Wildman–Crippen LogP) is 4.54. The number of hydrogen-bond acceptors (Lipinski definition) is 5. The first-order valence-corrected chi connectivity index (χ1v) is 14.6. The fourth-order valence-corrected chi connectivity index (χ4v) is 9.70. The van der Waals surface area contributed by atoms with Crippen molar-refractivity contribution in [2.24, 2.45) is 0 Å². The zero-order chi connectivity index (χ0) is 25.2. The summed E-state index contributed by atoms with van der Waals surface area (Å²) in [5, 5.41) is 3.05. The largest absolute Gasteiger partial charge is 0.443 e. The minimum Gasteiger partial charge on any atom is -0.443 e. The Kier molecular flexibility index (Phi) is 7.26. The van der Waals surface area contributed by atoms with E-state index in [1.807, 2.05) is 36.4 Å². The van der Waals surface area contributed by atoms with E-state index >= 15 is 0 Å². The molecule has 0 N–H and O–H groups in total. The van der Waals surface area contributed by atoms with Crippen LogP contribution >= 0.6 is 0 Å². The Balaban J connectivity index is 1.96. The lowest BCUT2D eigenvalue weighted by Gasteiger charge is -2.43. The van der Waals surface area contributed by atoms with Crippen molar-refractivity contribution in [1.82, 2.24) is 4.31 Å². The Bertz CT molecular complexity index is 1140. The van der Waals surface area contributed by atoms with Crippen LogP contribution in [0.1, 0.15) is 41.5 Å². The fourth-order valence-electron chi connectivity index (χ4n) is 4.04. The standard InChI is InChI=1S/C26H33NO5SSi/c1-25(2,3)32-24(28)27-18-17-21(20-33(27,29)30)19-31-34(26(4,5)6,22-13-9-7-10-14-22)23-15-11-8-12-16-23/h7-18,20H,19H2,1-6H3. The minimum atomic E-state index is -4.03. The average Bonchev–Trinajstić information content (AvgIpc) is 2.73. The van der Waals surface area contributed by atoms with Gasteiger partial charge in [-0.05, 0) is 47.8 Å². The van der Waals surface area contributed by atoms with Crippen LogP contribution in [0.25, 0.3) is 0 Å². The van der Waals surface area contributed by atoms with E-state index in [-0.39, 0.29) is 11.6 Å². The molecule has 182 valence electrons. The Morgan fingerprint density at radius 1 is 0.882 bits per heavy atom. The van der Waals surface area contributed by atoms with Gasteiger partial charge in [0.2, 0.25) is 0 Å². The lowest BCUT2D eigenvalue weighted by Crippen LogP contribution is -2.66. The lowest BCUT2D eigenvalue weighted by atomic mass is 10.2. The first-order chi connectivity index (χ1) is 15.8. The van der Waals surface area contributed by atoms with Crippen LogP contribution in [0.4, 0.5) is 4.79 Å². The van der Waals surface area contributed by atoms with Gasteiger partial charge in [-0.15, -0.1) is 0 Å². The second kappa shape index (κ2) is 9.52. The quantitative estimate of drug-likeness (QED) is 0.565. The third-order valence-electron chi connectivity index (χ3n) is 5.44. The molecule has 1 amide bonds. The molecule has 0 bridgehead atoms. The van der Waals surface area contributed by atoms with Gasteiger partial charge < -0.3 is 9.16 Å². The van der Waals surface area contributed by atoms with Gasteiger partial charge in [0.25, 0.3) is 18.3 Å². The topological polar surface area (TPSA) is 72.9 Å². The number of carbonyl (C=O) groups is 1. The van der Waals surface area contributed by atoms with E-state index < -0.39 is 30.0 Å². The average molecular weight is 500 g/mol. The molecular formula is C26H33NO5SSi. The molecule has 2 aromatic carbocycles. The van der Waals surface area contributed by atoms with E-state index in [0.29, 0.717) is 9.88 Å². The molecule has 0 aliphatic carbocycles. The second-order valence-corrected chi connectivity index (χ2v) is 16.2. The lowest BCUT2D eigenvalue weighted by molar-refractivity contribution is 0.0443. The molecule has 0 atom stereocenters. The molecule has 8 heteroatoms. The molecule has 6 nitrogen and oxygen atoms in total. The van der Waals surface area contributed by atoms with Crippen molar-refractivity contribution in [3.63, 3.8) is 0 Å². The van der Waals surface area contributed by atoms with Crippen LogP contribution in [0.5, 0.6) is 0 Å². The summed E-state index contributed by atoms with van der Waals surface area (Å²) in [6, 6.07) is 20.3. The Morgan fingerprint density at radius 2 is 1.38 bits per heavy atom. The van der Waals surface area contributed by atoms with Gasteiger partial charge >= 0.3 is 6.09 Å². The van der Waals surface area contributed by atoms with Gasteiger partial charge in [-0.25, -0.2) is 13.2 Å². The minimum absolute atomic E-state index is 0.0885. The van der Waals surface area contributed by atoms with Crippen molar-refractivity contribution in [3.8, 4) is 0 Å². The third-order valence-corrected chi connectivity index (χ3v) is 11.8. The van der Waals surface area contributed by atoms with Crippen molar-refractivity contribution in [1.29, 1.82) is 0 Å². The summed E-state index contributed by atoms with van der Waals surface area (Å²) in [7, 11) is -6.86. The maximum absolute atomic E-state index is 12.8. The van der Waals surface area contributed by atoms with E-state index in [1.165, 1.54) is 6.20 Å². The summed E-state index contributed by atoms with van der Waals surface area (Å²) < 4.78 is 38.3. The summed E-state index contributed by atoms with van der Waals surface area (Å²) in [5.74, 6) is 0. The molecule has 0 fully saturated rings. The van der Waals surface area contributed by atoms with E-state index in [2.05, 4.69) is 45.0 Å².